The summed E-state index contributed by atoms with van der Waals surface area (Å²) < 4.78 is 53.1. The lowest BCUT2D eigenvalue weighted by Crippen LogP contribution is -2.50. The number of aryl methyl sites for hydroxylation is 1. The van der Waals surface area contributed by atoms with Crippen molar-refractivity contribution in [1.82, 2.24) is 14.2 Å². The predicted molar refractivity (Wildman–Crippen MR) is 107 cm³/mol. The lowest BCUT2D eigenvalue weighted by atomic mass is 9.98. The molecule has 0 unspecified atom stereocenters. The molecule has 1 amide bonds. The van der Waals surface area contributed by atoms with Crippen LogP contribution in [0.2, 0.25) is 0 Å². The van der Waals surface area contributed by atoms with E-state index < -0.39 is 21.7 Å². The first-order valence-electron chi connectivity index (χ1n) is 9.13. The first kappa shape index (κ1) is 21.8. The molecule has 1 aromatic carbocycles. The smallest absolute Gasteiger partial charge is 0.265 e. The Labute approximate surface area is 173 Å². The molecule has 2 heterocycles. The summed E-state index contributed by atoms with van der Waals surface area (Å²) in [5.41, 5.74) is 0.507. The molecule has 0 N–H and O–H groups in total. The fourth-order valence-corrected chi connectivity index (χ4v) is 5.50. The Bertz CT molecular complexity index is 1040. The molecule has 0 aliphatic carbocycles. The second kappa shape index (κ2) is 7.73. The van der Waals surface area contributed by atoms with Crippen LogP contribution >= 0.6 is 11.3 Å². The quantitative estimate of drug-likeness (QED) is 0.731. The van der Waals surface area contributed by atoms with Crippen molar-refractivity contribution in [2.75, 3.05) is 26.2 Å². The Morgan fingerprint density at radius 3 is 2.24 bits per heavy atom. The zero-order chi connectivity index (χ0) is 21.6. The van der Waals surface area contributed by atoms with E-state index in [0.29, 0.717) is 16.6 Å². The largest absolute Gasteiger partial charge is 0.335 e. The Hall–Kier alpha value is -1.91. The average molecular weight is 444 g/mol. The van der Waals surface area contributed by atoms with Crippen LogP contribution in [0.4, 0.5) is 8.78 Å². The third-order valence-corrected chi connectivity index (χ3v) is 8.15. The number of nitrogens with zero attached hydrogens (tertiary/aromatic N) is 3. The van der Waals surface area contributed by atoms with E-state index >= 15 is 0 Å². The minimum Gasteiger partial charge on any atom is -0.335 e. The SMILES string of the molecule is Cc1nc(C(C)(C)C)sc1C(=O)N1CCN(S(=O)(=O)c2ccc(F)c(F)c2)CC1. The van der Waals surface area contributed by atoms with E-state index in [4.69, 9.17) is 0 Å². The summed E-state index contributed by atoms with van der Waals surface area (Å²) in [6.45, 7) is 8.47. The van der Waals surface area contributed by atoms with Gasteiger partial charge in [-0.15, -0.1) is 11.3 Å². The fourth-order valence-electron chi connectivity index (χ4n) is 2.98. The van der Waals surface area contributed by atoms with E-state index in [2.05, 4.69) is 4.98 Å². The molecular formula is C19H23F2N3O3S2. The van der Waals surface area contributed by atoms with Gasteiger partial charge in [-0.3, -0.25) is 4.79 Å². The van der Waals surface area contributed by atoms with Gasteiger partial charge in [-0.2, -0.15) is 4.31 Å². The number of piperazine rings is 1. The summed E-state index contributed by atoms with van der Waals surface area (Å²) in [6, 6.07) is 2.51. The predicted octanol–water partition coefficient (Wildman–Crippen LogP) is 3.17. The molecule has 1 fully saturated rings. The van der Waals surface area contributed by atoms with Gasteiger partial charge in [0.2, 0.25) is 10.0 Å². The van der Waals surface area contributed by atoms with Gasteiger partial charge >= 0.3 is 0 Å². The summed E-state index contributed by atoms with van der Waals surface area (Å²) in [5.74, 6) is -2.48. The molecule has 0 radical (unpaired) electrons. The molecule has 0 atom stereocenters. The Morgan fingerprint density at radius 2 is 1.72 bits per heavy atom. The Balaban J connectivity index is 1.72. The van der Waals surface area contributed by atoms with E-state index in [9.17, 15) is 22.0 Å². The van der Waals surface area contributed by atoms with Crippen molar-refractivity contribution in [3.63, 3.8) is 0 Å². The normalized spacial score (nSPS) is 16.3. The molecule has 158 valence electrons. The van der Waals surface area contributed by atoms with Crippen LogP contribution in [-0.2, 0) is 15.4 Å². The van der Waals surface area contributed by atoms with Crippen molar-refractivity contribution in [3.8, 4) is 0 Å². The molecule has 0 spiro atoms. The highest BCUT2D eigenvalue weighted by molar-refractivity contribution is 7.89. The molecule has 3 rings (SSSR count). The van der Waals surface area contributed by atoms with Gasteiger partial charge in [0.1, 0.15) is 4.88 Å². The van der Waals surface area contributed by atoms with Gasteiger partial charge in [0.05, 0.1) is 15.6 Å². The van der Waals surface area contributed by atoms with Crippen LogP contribution in [-0.4, -0.2) is 54.7 Å². The molecule has 29 heavy (non-hydrogen) atoms. The number of rotatable bonds is 3. The standard InChI is InChI=1S/C19H23F2N3O3S2/c1-12-16(28-18(22-12)19(2,3)4)17(25)23-7-9-24(10-8-23)29(26,27)13-5-6-14(20)15(21)11-13/h5-6,11H,7-10H2,1-4H3. The number of amides is 1. The summed E-state index contributed by atoms with van der Waals surface area (Å²) in [6.07, 6.45) is 0. The van der Waals surface area contributed by atoms with Crippen molar-refractivity contribution in [3.05, 3.63) is 45.4 Å². The molecular weight excluding hydrogens is 420 g/mol. The van der Waals surface area contributed by atoms with E-state index in [1.807, 2.05) is 20.8 Å². The highest BCUT2D eigenvalue weighted by Gasteiger charge is 2.32. The van der Waals surface area contributed by atoms with Crippen molar-refractivity contribution in [2.24, 2.45) is 0 Å². The number of benzene rings is 1. The maximum absolute atomic E-state index is 13.4. The molecule has 1 saturated heterocycles. The third kappa shape index (κ3) is 4.34. The summed E-state index contributed by atoms with van der Waals surface area (Å²) in [4.78, 5) is 19.3. The summed E-state index contributed by atoms with van der Waals surface area (Å²) >= 11 is 1.36. The monoisotopic (exact) mass is 443 g/mol. The molecule has 1 aromatic heterocycles. The zero-order valence-corrected chi connectivity index (χ0v) is 18.3. The number of sulfonamides is 1. The van der Waals surface area contributed by atoms with E-state index in [0.717, 1.165) is 17.1 Å². The summed E-state index contributed by atoms with van der Waals surface area (Å²) in [5, 5.41) is 0.873. The molecule has 2 aromatic rings. The average Bonchev–Trinajstić information content (AvgIpc) is 3.05. The number of carbonyl (C=O) groups is 1. The number of aromatic nitrogens is 1. The van der Waals surface area contributed by atoms with Crippen LogP contribution < -0.4 is 0 Å². The van der Waals surface area contributed by atoms with Crippen LogP contribution in [0.25, 0.3) is 0 Å². The van der Waals surface area contributed by atoms with Crippen LogP contribution in [0, 0.1) is 18.6 Å². The van der Waals surface area contributed by atoms with Gasteiger partial charge in [0.25, 0.3) is 5.91 Å². The molecule has 6 nitrogen and oxygen atoms in total. The lowest BCUT2D eigenvalue weighted by Gasteiger charge is -2.33. The van der Waals surface area contributed by atoms with E-state index in [1.54, 1.807) is 11.8 Å². The molecule has 1 aliphatic rings. The Kier molecular flexibility index (Phi) is 5.81. The number of hydrogen-bond donors (Lipinski definition) is 0. The van der Waals surface area contributed by atoms with E-state index in [-0.39, 0.29) is 42.4 Å². The first-order valence-corrected chi connectivity index (χ1v) is 11.4. The maximum Gasteiger partial charge on any atom is 0.265 e. The van der Waals surface area contributed by atoms with Crippen LogP contribution in [0.1, 0.15) is 41.1 Å². The number of hydrogen-bond acceptors (Lipinski definition) is 5. The van der Waals surface area contributed by atoms with Gasteiger partial charge in [0, 0.05) is 31.6 Å². The molecule has 10 heteroatoms. The second-order valence-corrected chi connectivity index (χ2v) is 10.9. The van der Waals surface area contributed by atoms with Crippen molar-refractivity contribution in [2.45, 2.75) is 38.0 Å². The van der Waals surface area contributed by atoms with Gasteiger partial charge in [-0.1, -0.05) is 20.8 Å². The minimum atomic E-state index is -3.96. The second-order valence-electron chi connectivity index (χ2n) is 7.96. The summed E-state index contributed by atoms with van der Waals surface area (Å²) in [7, 11) is -3.96. The minimum absolute atomic E-state index is 0.0804. The highest BCUT2D eigenvalue weighted by Crippen LogP contribution is 2.30. The highest BCUT2D eigenvalue weighted by atomic mass is 32.2. The zero-order valence-electron chi connectivity index (χ0n) is 16.7. The van der Waals surface area contributed by atoms with Crippen molar-refractivity contribution in [1.29, 1.82) is 0 Å². The van der Waals surface area contributed by atoms with Gasteiger partial charge in [-0.25, -0.2) is 22.2 Å². The molecule has 0 bridgehead atoms. The Morgan fingerprint density at radius 1 is 1.10 bits per heavy atom. The number of halogens is 2. The van der Waals surface area contributed by atoms with Crippen LogP contribution in [0.15, 0.2) is 23.1 Å². The maximum atomic E-state index is 13.4. The van der Waals surface area contributed by atoms with Gasteiger partial charge < -0.3 is 4.90 Å². The third-order valence-electron chi connectivity index (χ3n) is 4.69. The number of thiazole rings is 1. The lowest BCUT2D eigenvalue weighted by molar-refractivity contribution is 0.0702. The molecule has 0 saturated carbocycles. The molecule has 1 aliphatic heterocycles. The van der Waals surface area contributed by atoms with E-state index in [1.165, 1.54) is 15.6 Å². The van der Waals surface area contributed by atoms with Crippen LogP contribution in [0.5, 0.6) is 0 Å². The first-order chi connectivity index (χ1) is 13.4. The van der Waals surface area contributed by atoms with Crippen LogP contribution in [0.3, 0.4) is 0 Å². The van der Waals surface area contributed by atoms with Gasteiger partial charge in [-0.05, 0) is 25.1 Å². The van der Waals surface area contributed by atoms with Crippen molar-refractivity contribution < 1.29 is 22.0 Å². The van der Waals surface area contributed by atoms with Crippen molar-refractivity contribution >= 4 is 27.3 Å². The van der Waals surface area contributed by atoms with Gasteiger partial charge in [0.15, 0.2) is 11.6 Å². The fraction of sp³-hybridized carbons (Fsp3) is 0.474. The number of carbonyl (C=O) groups excluding carboxylic acids is 1. The topological polar surface area (TPSA) is 70.6 Å².